The van der Waals surface area contributed by atoms with Gasteiger partial charge in [0.1, 0.15) is 0 Å². The van der Waals surface area contributed by atoms with Crippen LogP contribution in [0.15, 0.2) is 0 Å². The summed E-state index contributed by atoms with van der Waals surface area (Å²) in [5.41, 5.74) is 0. The average Bonchev–Trinajstić information content (AvgIpc) is 2.46. The topological polar surface area (TPSA) is 85.2 Å². The van der Waals surface area contributed by atoms with E-state index >= 15 is 0 Å². The highest BCUT2D eigenvalue weighted by Gasteiger charge is 2.20. The molecular formula is C16H35O6P. The van der Waals surface area contributed by atoms with E-state index < -0.39 is 14.1 Å². The molecule has 0 spiro atoms. The summed E-state index contributed by atoms with van der Waals surface area (Å²) in [5, 5.41) is 0. The second-order valence-electron chi connectivity index (χ2n) is 6.44. The lowest BCUT2D eigenvalue weighted by Crippen LogP contribution is -2.19. The molecule has 0 aromatic rings. The Hall–Kier alpha value is 0.0300. The van der Waals surface area contributed by atoms with Crippen molar-refractivity contribution in [2.24, 2.45) is 5.92 Å². The zero-order valence-electron chi connectivity index (χ0n) is 14.9. The normalized spacial score (nSPS) is 13.7. The summed E-state index contributed by atoms with van der Waals surface area (Å²) in [7, 11) is -4.63. The molecule has 0 fully saturated rings. The lowest BCUT2D eigenvalue weighted by atomic mass is 10.1. The molecule has 6 nitrogen and oxygen atoms in total. The fourth-order valence-electron chi connectivity index (χ4n) is 2.18. The molecule has 0 rings (SSSR count). The SMILES string of the molecule is CCCCCCCCCCCC(OCC(C)C)OOP(=O)(O)O. The molecule has 2 N–H and O–H groups in total. The van der Waals surface area contributed by atoms with E-state index in [4.69, 9.17) is 19.4 Å². The second kappa shape index (κ2) is 14.4. The van der Waals surface area contributed by atoms with Gasteiger partial charge in [-0.1, -0.05) is 72.1 Å². The molecule has 0 saturated heterocycles. The third kappa shape index (κ3) is 18.2. The minimum Gasteiger partial charge on any atom is -0.349 e. The van der Waals surface area contributed by atoms with Crippen molar-refractivity contribution in [3.8, 4) is 0 Å². The lowest BCUT2D eigenvalue weighted by Gasteiger charge is -2.18. The van der Waals surface area contributed by atoms with Crippen LogP contribution in [-0.2, 0) is 18.9 Å². The van der Waals surface area contributed by atoms with Gasteiger partial charge in [0.2, 0.25) is 0 Å². The number of unbranched alkanes of at least 4 members (excludes halogenated alkanes) is 8. The largest absolute Gasteiger partial charge is 0.496 e. The quantitative estimate of drug-likeness (QED) is 0.134. The van der Waals surface area contributed by atoms with Crippen LogP contribution in [0.2, 0.25) is 0 Å². The van der Waals surface area contributed by atoms with Gasteiger partial charge in [-0.3, -0.25) is 0 Å². The molecule has 1 atom stereocenters. The summed E-state index contributed by atoms with van der Waals surface area (Å²) in [4.78, 5) is 22.1. The molecule has 0 saturated carbocycles. The fraction of sp³-hybridized carbons (Fsp3) is 1.00. The predicted octanol–water partition coefficient (Wildman–Crippen LogP) is 4.95. The van der Waals surface area contributed by atoms with Crippen LogP contribution in [0.25, 0.3) is 0 Å². The molecule has 0 aromatic heterocycles. The number of phosphoric acid groups is 1. The van der Waals surface area contributed by atoms with Gasteiger partial charge >= 0.3 is 7.82 Å². The van der Waals surface area contributed by atoms with Crippen LogP contribution in [0.4, 0.5) is 0 Å². The Morgan fingerprint density at radius 3 is 1.91 bits per heavy atom. The fourth-order valence-corrected chi connectivity index (χ4v) is 2.39. The van der Waals surface area contributed by atoms with Crippen molar-refractivity contribution in [3.05, 3.63) is 0 Å². The molecule has 1 unspecified atom stereocenters. The van der Waals surface area contributed by atoms with Gasteiger partial charge in [-0.25, -0.2) is 4.57 Å². The van der Waals surface area contributed by atoms with Crippen molar-refractivity contribution in [2.45, 2.75) is 91.3 Å². The summed E-state index contributed by atoms with van der Waals surface area (Å²) in [5.74, 6) is 0.319. The number of ether oxygens (including phenoxy) is 1. The predicted molar refractivity (Wildman–Crippen MR) is 90.6 cm³/mol. The molecule has 23 heavy (non-hydrogen) atoms. The maximum atomic E-state index is 10.7. The van der Waals surface area contributed by atoms with E-state index in [0.717, 1.165) is 12.8 Å². The molecule has 140 valence electrons. The number of rotatable bonds is 16. The highest BCUT2D eigenvalue weighted by Crippen LogP contribution is 2.36. The van der Waals surface area contributed by atoms with Crippen LogP contribution in [0.1, 0.15) is 85.0 Å². The molecule has 0 radical (unpaired) electrons. The molecule has 0 aromatic carbocycles. The van der Waals surface area contributed by atoms with Gasteiger partial charge in [0, 0.05) is 6.42 Å². The Morgan fingerprint density at radius 1 is 0.913 bits per heavy atom. The Labute approximate surface area is 141 Å². The van der Waals surface area contributed by atoms with Gasteiger partial charge in [-0.05, 0) is 12.3 Å². The van der Waals surface area contributed by atoms with Gasteiger partial charge in [0.15, 0.2) is 6.29 Å². The van der Waals surface area contributed by atoms with E-state index in [2.05, 4.69) is 11.6 Å². The Morgan fingerprint density at radius 2 is 1.43 bits per heavy atom. The first-order chi connectivity index (χ1) is 10.8. The van der Waals surface area contributed by atoms with Crippen LogP contribution in [0.3, 0.4) is 0 Å². The van der Waals surface area contributed by atoms with Gasteiger partial charge in [-0.15, -0.1) is 4.67 Å². The summed E-state index contributed by atoms with van der Waals surface area (Å²) in [6.45, 7) is 6.68. The molecule has 0 bridgehead atoms. The summed E-state index contributed by atoms with van der Waals surface area (Å²) in [6.07, 6.45) is 10.7. The van der Waals surface area contributed by atoms with E-state index in [1.54, 1.807) is 0 Å². The van der Waals surface area contributed by atoms with Gasteiger partial charge in [0.25, 0.3) is 0 Å². The molecular weight excluding hydrogens is 319 g/mol. The molecule has 7 heteroatoms. The first kappa shape index (κ1) is 23.0. The molecule has 0 aliphatic heterocycles. The third-order valence-corrected chi connectivity index (χ3v) is 3.69. The monoisotopic (exact) mass is 354 g/mol. The van der Waals surface area contributed by atoms with E-state index in [-0.39, 0.29) is 0 Å². The molecule has 0 heterocycles. The minimum atomic E-state index is -4.63. The smallest absolute Gasteiger partial charge is 0.349 e. The van der Waals surface area contributed by atoms with Crippen molar-refractivity contribution in [2.75, 3.05) is 6.61 Å². The van der Waals surface area contributed by atoms with Crippen LogP contribution >= 0.6 is 7.82 Å². The minimum absolute atomic E-state index is 0.319. The van der Waals surface area contributed by atoms with Gasteiger partial charge in [-0.2, -0.15) is 4.89 Å². The van der Waals surface area contributed by atoms with Crippen molar-refractivity contribution >= 4 is 7.82 Å². The van der Waals surface area contributed by atoms with E-state index in [9.17, 15) is 4.57 Å². The van der Waals surface area contributed by atoms with E-state index in [1.807, 2.05) is 13.8 Å². The Bertz CT molecular complexity index is 305. The average molecular weight is 354 g/mol. The first-order valence-corrected chi connectivity index (χ1v) is 10.4. The van der Waals surface area contributed by atoms with Gasteiger partial charge in [0.05, 0.1) is 6.61 Å². The van der Waals surface area contributed by atoms with Crippen molar-refractivity contribution < 1.29 is 28.7 Å². The third-order valence-electron chi connectivity index (χ3n) is 3.41. The highest BCUT2D eigenvalue weighted by atomic mass is 31.2. The standard InChI is InChI=1S/C16H35O6P/c1-4-5-6-7-8-9-10-11-12-13-16(20-14-15(2)3)21-22-23(17,18)19/h15-16H,4-14H2,1-3H3,(H2,17,18,19). The highest BCUT2D eigenvalue weighted by molar-refractivity contribution is 7.46. The van der Waals surface area contributed by atoms with Crippen molar-refractivity contribution in [3.63, 3.8) is 0 Å². The summed E-state index contributed by atoms with van der Waals surface area (Å²) in [6, 6.07) is 0. The number of hydrogen-bond donors (Lipinski definition) is 2. The zero-order chi connectivity index (χ0) is 17.6. The lowest BCUT2D eigenvalue weighted by molar-refractivity contribution is -0.331. The Balaban J connectivity index is 3.75. The maximum absolute atomic E-state index is 10.7. The van der Waals surface area contributed by atoms with Crippen LogP contribution in [-0.4, -0.2) is 22.7 Å². The number of hydrogen-bond acceptors (Lipinski definition) is 4. The summed E-state index contributed by atoms with van der Waals surface area (Å²) < 4.78 is 20.3. The Kier molecular flexibility index (Phi) is 14.4. The zero-order valence-corrected chi connectivity index (χ0v) is 15.8. The van der Waals surface area contributed by atoms with Crippen molar-refractivity contribution in [1.82, 2.24) is 0 Å². The molecule has 0 amide bonds. The molecule has 0 aliphatic rings. The first-order valence-electron chi connectivity index (χ1n) is 8.87. The van der Waals surface area contributed by atoms with Crippen LogP contribution < -0.4 is 0 Å². The van der Waals surface area contributed by atoms with Crippen LogP contribution in [0, 0.1) is 5.92 Å². The second-order valence-corrected chi connectivity index (χ2v) is 7.57. The van der Waals surface area contributed by atoms with E-state index in [1.165, 1.54) is 44.9 Å². The van der Waals surface area contributed by atoms with Gasteiger partial charge < -0.3 is 14.5 Å². The molecule has 0 aliphatic carbocycles. The van der Waals surface area contributed by atoms with Crippen molar-refractivity contribution in [1.29, 1.82) is 0 Å². The maximum Gasteiger partial charge on any atom is 0.496 e. The summed E-state index contributed by atoms with van der Waals surface area (Å²) >= 11 is 0. The van der Waals surface area contributed by atoms with Crippen LogP contribution in [0.5, 0.6) is 0 Å². The van der Waals surface area contributed by atoms with E-state index in [0.29, 0.717) is 18.9 Å².